The first-order chi connectivity index (χ1) is 10.5. The van der Waals surface area contributed by atoms with Gasteiger partial charge >= 0.3 is 0 Å². The van der Waals surface area contributed by atoms with E-state index in [1.165, 1.54) is 12.4 Å². The van der Waals surface area contributed by atoms with Gasteiger partial charge in [0.05, 0.1) is 17.9 Å². The molecule has 0 fully saturated rings. The summed E-state index contributed by atoms with van der Waals surface area (Å²) in [7, 11) is 0. The molecule has 0 radical (unpaired) electrons. The number of hydrogen-bond acceptors (Lipinski definition) is 4. The van der Waals surface area contributed by atoms with E-state index in [9.17, 15) is 4.79 Å². The van der Waals surface area contributed by atoms with Crippen molar-refractivity contribution < 1.29 is 4.79 Å². The number of fused-ring (bicyclic) bond motifs is 1. The molecule has 0 aliphatic heterocycles. The zero-order chi connectivity index (χ0) is 15.9. The zero-order valence-electron chi connectivity index (χ0n) is 10.7. The van der Waals surface area contributed by atoms with Crippen LogP contribution in [0.4, 0.5) is 0 Å². The number of halogens is 4. The van der Waals surface area contributed by atoms with Gasteiger partial charge in [-0.25, -0.2) is 9.97 Å². The molecule has 1 aromatic carbocycles. The lowest BCUT2D eigenvalue weighted by Gasteiger charge is -2.06. The van der Waals surface area contributed by atoms with E-state index in [4.69, 9.17) is 34.8 Å². The van der Waals surface area contributed by atoms with E-state index in [1.54, 1.807) is 16.7 Å². The van der Waals surface area contributed by atoms with Crippen molar-refractivity contribution in [2.75, 3.05) is 0 Å². The molecule has 22 heavy (non-hydrogen) atoms. The van der Waals surface area contributed by atoms with Crippen LogP contribution in [0.2, 0.25) is 15.3 Å². The molecule has 2 aromatic heterocycles. The Bertz CT molecular complexity index is 896. The number of rotatable bonds is 3. The average molecular weight is 467 g/mol. The number of hydrogen-bond donors (Lipinski definition) is 0. The number of nitrogens with zero attached hydrogens (tertiary/aromatic N) is 4. The van der Waals surface area contributed by atoms with Crippen LogP contribution >= 0.6 is 57.4 Å². The summed E-state index contributed by atoms with van der Waals surface area (Å²) in [4.78, 5) is 24.8. The van der Waals surface area contributed by atoms with Crippen LogP contribution in [0.15, 0.2) is 24.5 Å². The van der Waals surface area contributed by atoms with Crippen LogP contribution < -0.4 is 0 Å². The van der Waals surface area contributed by atoms with Crippen LogP contribution in [-0.2, 0) is 6.54 Å². The largest absolute Gasteiger partial charge is 0.307 e. The van der Waals surface area contributed by atoms with Gasteiger partial charge in [-0.05, 0) is 52.4 Å². The predicted octanol–water partition coefficient (Wildman–Crippen LogP) is 4.27. The van der Waals surface area contributed by atoms with E-state index in [-0.39, 0.29) is 17.6 Å². The van der Waals surface area contributed by atoms with Crippen molar-refractivity contribution in [2.45, 2.75) is 6.54 Å². The predicted molar refractivity (Wildman–Crippen MR) is 93.8 cm³/mol. The molecule has 0 amide bonds. The van der Waals surface area contributed by atoms with Crippen molar-refractivity contribution in [3.63, 3.8) is 0 Å². The minimum absolute atomic E-state index is 0.0429. The third-order valence-corrected chi connectivity index (χ3v) is 4.41. The fraction of sp³-hybridized carbons (Fsp3) is 0.0769. The minimum Gasteiger partial charge on any atom is -0.307 e. The summed E-state index contributed by atoms with van der Waals surface area (Å²) >= 11 is 19.8. The third kappa shape index (κ3) is 3.05. The van der Waals surface area contributed by atoms with Crippen molar-refractivity contribution in [3.8, 4) is 0 Å². The second-order valence-electron chi connectivity index (χ2n) is 4.38. The molecule has 0 saturated heterocycles. The highest BCUT2D eigenvalue weighted by Crippen LogP contribution is 2.23. The Hall–Kier alpha value is -0.960. The summed E-state index contributed by atoms with van der Waals surface area (Å²) in [5.74, 6) is -0.175. The van der Waals surface area contributed by atoms with Crippen LogP contribution in [0, 0.1) is 3.70 Å². The molecular weight excluding hydrogens is 461 g/mol. The van der Waals surface area contributed by atoms with Crippen molar-refractivity contribution in [2.24, 2.45) is 0 Å². The van der Waals surface area contributed by atoms with Crippen LogP contribution in [0.5, 0.6) is 0 Å². The van der Waals surface area contributed by atoms with Gasteiger partial charge in [0.1, 0.15) is 9.22 Å². The van der Waals surface area contributed by atoms with Gasteiger partial charge in [0.2, 0.25) is 5.28 Å². The van der Waals surface area contributed by atoms with E-state index in [1.807, 2.05) is 22.6 Å². The van der Waals surface area contributed by atoms with Gasteiger partial charge in [0, 0.05) is 10.6 Å². The van der Waals surface area contributed by atoms with Gasteiger partial charge in [-0.1, -0.05) is 23.2 Å². The summed E-state index contributed by atoms with van der Waals surface area (Å²) in [6, 6.07) is 4.75. The molecule has 5 nitrogen and oxygen atoms in total. The van der Waals surface area contributed by atoms with E-state index < -0.39 is 0 Å². The molecule has 0 aliphatic rings. The monoisotopic (exact) mass is 466 g/mol. The molecule has 3 aromatic rings. The van der Waals surface area contributed by atoms with E-state index in [0.717, 1.165) is 0 Å². The Kier molecular flexibility index (Phi) is 4.54. The van der Waals surface area contributed by atoms with Crippen LogP contribution in [0.1, 0.15) is 10.4 Å². The summed E-state index contributed by atoms with van der Waals surface area (Å²) in [5, 5.41) is 0.892. The minimum atomic E-state index is -0.175. The lowest BCUT2D eigenvalue weighted by atomic mass is 10.1. The smallest absolute Gasteiger partial charge is 0.225 e. The number of Topliss-reactive ketones (excluding diaryl/α,β-unsaturated/α-hetero) is 1. The molecule has 0 N–H and O–H groups in total. The molecule has 9 heteroatoms. The first-order valence-corrected chi connectivity index (χ1v) is 8.19. The number of aromatic nitrogens is 4. The lowest BCUT2D eigenvalue weighted by molar-refractivity contribution is 0.0973. The molecule has 3 rings (SSSR count). The van der Waals surface area contributed by atoms with Crippen molar-refractivity contribution >= 4 is 74.3 Å². The normalized spacial score (nSPS) is 11.1. The van der Waals surface area contributed by atoms with Gasteiger partial charge in [-0.15, -0.1) is 0 Å². The molecule has 0 spiro atoms. The third-order valence-electron chi connectivity index (χ3n) is 2.94. The molecule has 112 valence electrons. The fourth-order valence-electron chi connectivity index (χ4n) is 1.96. The van der Waals surface area contributed by atoms with Crippen molar-refractivity contribution in [1.29, 1.82) is 0 Å². The zero-order valence-corrected chi connectivity index (χ0v) is 15.2. The maximum atomic E-state index is 12.4. The van der Waals surface area contributed by atoms with Crippen LogP contribution in [0.3, 0.4) is 0 Å². The summed E-state index contributed by atoms with van der Waals surface area (Å²) < 4.78 is 2.24. The summed E-state index contributed by atoms with van der Waals surface area (Å²) in [6.45, 7) is 0.0429. The second kappa shape index (κ2) is 6.27. The Morgan fingerprint density at radius 1 is 1.23 bits per heavy atom. The Balaban J connectivity index is 1.98. The summed E-state index contributed by atoms with van der Waals surface area (Å²) in [5.41, 5.74) is 1.49. The Morgan fingerprint density at radius 3 is 2.73 bits per heavy atom. The SMILES string of the molecule is O=C(Cn1cnc2c(I)nc(Cl)nc21)c1ccc(Cl)cc1Cl. The maximum Gasteiger partial charge on any atom is 0.225 e. The number of carbonyl (C=O) groups is 1. The van der Waals surface area contributed by atoms with Gasteiger partial charge in [-0.2, -0.15) is 4.98 Å². The lowest BCUT2D eigenvalue weighted by Crippen LogP contribution is -2.11. The second-order valence-corrected chi connectivity index (χ2v) is 6.58. The van der Waals surface area contributed by atoms with Gasteiger partial charge in [0.15, 0.2) is 11.4 Å². The first kappa shape index (κ1) is 15.9. The molecule has 2 heterocycles. The van der Waals surface area contributed by atoms with Gasteiger partial charge in [-0.3, -0.25) is 4.79 Å². The molecule has 0 atom stereocenters. The number of ketones is 1. The van der Waals surface area contributed by atoms with E-state index in [2.05, 4.69) is 15.0 Å². The Morgan fingerprint density at radius 2 is 2.00 bits per heavy atom. The first-order valence-electron chi connectivity index (χ1n) is 5.98. The molecule has 0 saturated carbocycles. The molecule has 0 unspecified atom stereocenters. The fourth-order valence-corrected chi connectivity index (χ4v) is 3.39. The van der Waals surface area contributed by atoms with Crippen molar-refractivity contribution in [3.05, 3.63) is 49.1 Å². The highest BCUT2D eigenvalue weighted by atomic mass is 127. The van der Waals surface area contributed by atoms with Crippen molar-refractivity contribution in [1.82, 2.24) is 19.5 Å². The molecule has 0 bridgehead atoms. The highest BCUT2D eigenvalue weighted by Gasteiger charge is 2.16. The maximum absolute atomic E-state index is 12.4. The number of carbonyl (C=O) groups excluding carboxylic acids is 1. The standard InChI is InChI=1S/C13H6Cl3IN4O/c14-6-1-2-7(8(15)3-6)9(22)4-21-5-18-10-11(17)19-13(16)20-12(10)21/h1-3,5H,4H2. The van der Waals surface area contributed by atoms with Crippen LogP contribution in [-0.4, -0.2) is 25.3 Å². The van der Waals surface area contributed by atoms with E-state index >= 15 is 0 Å². The Labute approximate surface area is 153 Å². The number of imidazole rings is 1. The number of benzene rings is 1. The summed E-state index contributed by atoms with van der Waals surface area (Å²) in [6.07, 6.45) is 1.53. The van der Waals surface area contributed by atoms with E-state index in [0.29, 0.717) is 30.5 Å². The van der Waals surface area contributed by atoms with Crippen LogP contribution in [0.25, 0.3) is 11.2 Å². The topological polar surface area (TPSA) is 60.7 Å². The average Bonchev–Trinajstić information content (AvgIpc) is 2.82. The highest BCUT2D eigenvalue weighted by molar-refractivity contribution is 14.1. The molecular formula is C13H6Cl3IN4O. The van der Waals surface area contributed by atoms with Gasteiger partial charge in [0.25, 0.3) is 0 Å². The molecule has 0 aliphatic carbocycles. The van der Waals surface area contributed by atoms with Gasteiger partial charge < -0.3 is 4.57 Å². The quantitative estimate of drug-likeness (QED) is 0.250.